The molecule has 0 aliphatic rings. The van der Waals surface area contributed by atoms with Crippen molar-refractivity contribution >= 4 is 5.91 Å². The van der Waals surface area contributed by atoms with E-state index in [0.29, 0.717) is 24.5 Å². The number of aliphatic hydroxyl groups is 2. The van der Waals surface area contributed by atoms with Gasteiger partial charge in [0.1, 0.15) is 12.4 Å². The SMILES string of the molecule is COCCOc1cccc(C(=O)N[C@H](CO)[C@@H](C)O)c1. The van der Waals surface area contributed by atoms with E-state index in [1.807, 2.05) is 0 Å². The second kappa shape index (κ2) is 8.52. The number of ether oxygens (including phenoxy) is 2. The lowest BCUT2D eigenvalue weighted by atomic mass is 10.1. The highest BCUT2D eigenvalue weighted by Gasteiger charge is 2.17. The standard InChI is InChI=1S/C14H21NO5/c1-10(17)13(9-16)15-14(18)11-4-3-5-12(8-11)20-7-6-19-2/h3-5,8,10,13,16-17H,6-7,9H2,1-2H3,(H,15,18)/t10-,13-/m1/s1. The first-order valence-electron chi connectivity index (χ1n) is 6.40. The minimum Gasteiger partial charge on any atom is -0.491 e. The Morgan fingerprint density at radius 1 is 1.40 bits per heavy atom. The van der Waals surface area contributed by atoms with Crippen molar-refractivity contribution in [2.24, 2.45) is 0 Å². The molecule has 1 rings (SSSR count). The summed E-state index contributed by atoms with van der Waals surface area (Å²) in [5, 5.41) is 21.0. The smallest absolute Gasteiger partial charge is 0.251 e. The lowest BCUT2D eigenvalue weighted by Crippen LogP contribution is -2.44. The molecule has 0 spiro atoms. The van der Waals surface area contributed by atoms with Crippen LogP contribution in [0.15, 0.2) is 24.3 Å². The van der Waals surface area contributed by atoms with Crippen LogP contribution < -0.4 is 10.1 Å². The van der Waals surface area contributed by atoms with Crippen molar-refractivity contribution in [3.05, 3.63) is 29.8 Å². The van der Waals surface area contributed by atoms with Gasteiger partial charge in [0.05, 0.1) is 25.4 Å². The van der Waals surface area contributed by atoms with E-state index in [4.69, 9.17) is 14.6 Å². The number of nitrogens with one attached hydrogen (secondary N) is 1. The molecule has 112 valence electrons. The predicted octanol–water partition coefficient (Wildman–Crippen LogP) is 0.183. The van der Waals surface area contributed by atoms with E-state index in [2.05, 4.69) is 5.32 Å². The molecule has 6 heteroatoms. The Bertz CT molecular complexity index is 422. The average Bonchev–Trinajstić information content (AvgIpc) is 2.44. The van der Waals surface area contributed by atoms with E-state index in [1.54, 1.807) is 31.4 Å². The van der Waals surface area contributed by atoms with Crippen LogP contribution in [0.4, 0.5) is 0 Å². The largest absolute Gasteiger partial charge is 0.491 e. The second-order valence-corrected chi connectivity index (χ2v) is 4.37. The molecule has 0 bridgehead atoms. The van der Waals surface area contributed by atoms with Gasteiger partial charge in [0.2, 0.25) is 0 Å². The Kier molecular flexibility index (Phi) is 7.00. The summed E-state index contributed by atoms with van der Waals surface area (Å²) in [6.45, 7) is 2.04. The summed E-state index contributed by atoms with van der Waals surface area (Å²) >= 11 is 0. The zero-order valence-corrected chi connectivity index (χ0v) is 11.7. The van der Waals surface area contributed by atoms with Crippen molar-refractivity contribution < 1.29 is 24.5 Å². The number of hydrogen-bond acceptors (Lipinski definition) is 5. The van der Waals surface area contributed by atoms with E-state index >= 15 is 0 Å². The summed E-state index contributed by atoms with van der Waals surface area (Å²) < 4.78 is 10.3. The summed E-state index contributed by atoms with van der Waals surface area (Å²) in [4.78, 5) is 12.0. The Labute approximate surface area is 118 Å². The number of carbonyl (C=O) groups excluding carboxylic acids is 1. The molecule has 0 saturated carbocycles. The zero-order valence-electron chi connectivity index (χ0n) is 11.7. The van der Waals surface area contributed by atoms with Crippen molar-refractivity contribution in [1.29, 1.82) is 0 Å². The molecule has 0 saturated heterocycles. The van der Waals surface area contributed by atoms with Gasteiger partial charge in [-0.05, 0) is 25.1 Å². The third kappa shape index (κ3) is 5.16. The third-order valence-electron chi connectivity index (χ3n) is 2.75. The molecule has 1 aromatic rings. The fourth-order valence-electron chi connectivity index (χ4n) is 1.54. The van der Waals surface area contributed by atoms with Crippen LogP contribution in [-0.2, 0) is 4.74 Å². The second-order valence-electron chi connectivity index (χ2n) is 4.37. The van der Waals surface area contributed by atoms with Gasteiger partial charge in [0.25, 0.3) is 5.91 Å². The molecule has 20 heavy (non-hydrogen) atoms. The van der Waals surface area contributed by atoms with Crippen LogP contribution in [0.1, 0.15) is 17.3 Å². The van der Waals surface area contributed by atoms with Crippen LogP contribution in [-0.4, -0.2) is 55.2 Å². The summed E-state index contributed by atoms with van der Waals surface area (Å²) in [5.74, 6) is 0.189. The van der Waals surface area contributed by atoms with E-state index < -0.39 is 12.1 Å². The van der Waals surface area contributed by atoms with Gasteiger partial charge in [-0.3, -0.25) is 4.79 Å². The Morgan fingerprint density at radius 2 is 2.15 bits per heavy atom. The van der Waals surface area contributed by atoms with Crippen molar-refractivity contribution in [1.82, 2.24) is 5.32 Å². The molecule has 0 radical (unpaired) electrons. The summed E-state index contributed by atoms with van der Waals surface area (Å²) in [7, 11) is 1.58. The van der Waals surface area contributed by atoms with Gasteiger partial charge in [-0.15, -0.1) is 0 Å². The molecule has 3 N–H and O–H groups in total. The number of methoxy groups -OCH3 is 1. The average molecular weight is 283 g/mol. The normalized spacial score (nSPS) is 13.6. The molecule has 0 aliphatic heterocycles. The van der Waals surface area contributed by atoms with Crippen LogP contribution in [0.25, 0.3) is 0 Å². The van der Waals surface area contributed by atoms with Crippen molar-refractivity contribution in [3.8, 4) is 5.75 Å². The number of carbonyl (C=O) groups is 1. The zero-order chi connectivity index (χ0) is 15.0. The van der Waals surface area contributed by atoms with Gasteiger partial charge in [-0.25, -0.2) is 0 Å². The molecule has 0 fully saturated rings. The predicted molar refractivity (Wildman–Crippen MR) is 73.8 cm³/mol. The lowest BCUT2D eigenvalue weighted by molar-refractivity contribution is 0.0757. The third-order valence-corrected chi connectivity index (χ3v) is 2.75. The van der Waals surface area contributed by atoms with Crippen LogP contribution in [0.5, 0.6) is 5.75 Å². The maximum Gasteiger partial charge on any atom is 0.251 e. The first-order valence-corrected chi connectivity index (χ1v) is 6.40. The molecule has 6 nitrogen and oxygen atoms in total. The van der Waals surface area contributed by atoms with E-state index in [0.717, 1.165) is 0 Å². The number of hydrogen-bond donors (Lipinski definition) is 3. The highest BCUT2D eigenvalue weighted by Crippen LogP contribution is 2.13. The van der Waals surface area contributed by atoms with Crippen molar-refractivity contribution in [3.63, 3.8) is 0 Å². The topological polar surface area (TPSA) is 88.0 Å². The van der Waals surface area contributed by atoms with E-state index in [9.17, 15) is 9.90 Å². The van der Waals surface area contributed by atoms with Crippen molar-refractivity contribution in [2.45, 2.75) is 19.1 Å². The summed E-state index contributed by atoms with van der Waals surface area (Å²) in [6.07, 6.45) is -0.829. The number of benzene rings is 1. The molecule has 0 unspecified atom stereocenters. The molecular formula is C14H21NO5. The van der Waals surface area contributed by atoms with Gasteiger partial charge >= 0.3 is 0 Å². The van der Waals surface area contributed by atoms with Gasteiger partial charge in [0.15, 0.2) is 0 Å². The van der Waals surface area contributed by atoms with Gasteiger partial charge in [-0.1, -0.05) is 6.07 Å². The Balaban J connectivity index is 2.65. The van der Waals surface area contributed by atoms with Crippen LogP contribution >= 0.6 is 0 Å². The quantitative estimate of drug-likeness (QED) is 0.593. The summed E-state index contributed by atoms with van der Waals surface area (Å²) in [6, 6.07) is 5.98. The number of aliphatic hydroxyl groups excluding tert-OH is 2. The summed E-state index contributed by atoms with van der Waals surface area (Å²) in [5.41, 5.74) is 0.402. The highest BCUT2D eigenvalue weighted by molar-refractivity contribution is 5.94. The maximum absolute atomic E-state index is 12.0. The highest BCUT2D eigenvalue weighted by atomic mass is 16.5. The molecule has 1 aromatic carbocycles. The van der Waals surface area contributed by atoms with E-state index in [-0.39, 0.29) is 12.5 Å². The van der Waals surface area contributed by atoms with Crippen molar-refractivity contribution in [2.75, 3.05) is 26.9 Å². The Hall–Kier alpha value is -1.63. The number of amides is 1. The molecule has 2 atom stereocenters. The molecular weight excluding hydrogens is 262 g/mol. The van der Waals surface area contributed by atoms with Gasteiger partial charge < -0.3 is 25.0 Å². The fraction of sp³-hybridized carbons (Fsp3) is 0.500. The van der Waals surface area contributed by atoms with Crippen LogP contribution in [0.3, 0.4) is 0 Å². The monoisotopic (exact) mass is 283 g/mol. The lowest BCUT2D eigenvalue weighted by Gasteiger charge is -2.19. The molecule has 0 aliphatic carbocycles. The van der Waals surface area contributed by atoms with E-state index in [1.165, 1.54) is 6.92 Å². The first-order chi connectivity index (χ1) is 9.58. The Morgan fingerprint density at radius 3 is 2.75 bits per heavy atom. The van der Waals surface area contributed by atoms with Gasteiger partial charge in [-0.2, -0.15) is 0 Å². The van der Waals surface area contributed by atoms with Gasteiger partial charge in [0, 0.05) is 12.7 Å². The minimum atomic E-state index is -0.829. The first kappa shape index (κ1) is 16.4. The molecule has 1 amide bonds. The van der Waals surface area contributed by atoms with Crippen LogP contribution in [0.2, 0.25) is 0 Å². The number of rotatable bonds is 8. The van der Waals surface area contributed by atoms with Crippen LogP contribution in [0, 0.1) is 0 Å². The minimum absolute atomic E-state index is 0.326. The molecule has 0 aromatic heterocycles. The fourth-order valence-corrected chi connectivity index (χ4v) is 1.54. The maximum atomic E-state index is 12.0. The molecule has 0 heterocycles.